The number of amidine groups is 1. The van der Waals surface area contributed by atoms with Crippen LogP contribution in [0, 0.1) is 5.41 Å². The fourth-order valence-electron chi connectivity index (χ4n) is 0.966. The summed E-state index contributed by atoms with van der Waals surface area (Å²) in [5.74, 6) is 0.669. The van der Waals surface area contributed by atoms with E-state index in [4.69, 9.17) is 11.1 Å². The Labute approximate surface area is 77.1 Å². The fraction of sp³-hybridized carbons (Fsp3) is 0.375. The van der Waals surface area contributed by atoms with Gasteiger partial charge in [-0.3, -0.25) is 5.41 Å². The second kappa shape index (κ2) is 3.84. The Morgan fingerprint density at radius 1 is 1.69 bits per heavy atom. The zero-order valence-corrected chi connectivity index (χ0v) is 7.78. The molecule has 0 aromatic carbocycles. The summed E-state index contributed by atoms with van der Waals surface area (Å²) in [5, 5.41) is 15.0. The van der Waals surface area contributed by atoms with E-state index in [0.717, 1.165) is 6.54 Å². The van der Waals surface area contributed by atoms with Crippen molar-refractivity contribution >= 4 is 11.7 Å². The summed E-state index contributed by atoms with van der Waals surface area (Å²) < 4.78 is 0. The van der Waals surface area contributed by atoms with Crippen LogP contribution in [-0.4, -0.2) is 29.6 Å². The van der Waals surface area contributed by atoms with Gasteiger partial charge in [-0.1, -0.05) is 0 Å². The molecule has 0 spiro atoms. The van der Waals surface area contributed by atoms with Crippen LogP contribution >= 0.6 is 0 Å². The van der Waals surface area contributed by atoms with Crippen LogP contribution in [0.5, 0.6) is 0 Å². The SMILES string of the molecule is CCN(C)c1nnccc1C(=N)N. The predicted octanol–water partition coefficient (Wildman–Crippen LogP) is 0.217. The third-order valence-corrected chi connectivity index (χ3v) is 1.83. The maximum Gasteiger partial charge on any atom is 0.161 e. The number of nitrogens with zero attached hydrogens (tertiary/aromatic N) is 3. The van der Waals surface area contributed by atoms with E-state index in [1.54, 1.807) is 6.07 Å². The molecule has 0 aliphatic carbocycles. The number of nitrogens with two attached hydrogens (primary N) is 1. The molecule has 0 saturated heterocycles. The quantitative estimate of drug-likeness (QED) is 0.513. The van der Waals surface area contributed by atoms with Crippen LogP contribution in [0.4, 0.5) is 5.82 Å². The van der Waals surface area contributed by atoms with Crippen molar-refractivity contribution in [1.82, 2.24) is 10.2 Å². The summed E-state index contributed by atoms with van der Waals surface area (Å²) in [4.78, 5) is 1.89. The highest BCUT2D eigenvalue weighted by atomic mass is 15.2. The van der Waals surface area contributed by atoms with Crippen molar-refractivity contribution in [2.75, 3.05) is 18.5 Å². The molecular formula is C8H13N5. The minimum Gasteiger partial charge on any atom is -0.384 e. The minimum atomic E-state index is 0.0187. The van der Waals surface area contributed by atoms with Crippen molar-refractivity contribution in [1.29, 1.82) is 5.41 Å². The van der Waals surface area contributed by atoms with Crippen LogP contribution in [0.1, 0.15) is 12.5 Å². The van der Waals surface area contributed by atoms with Gasteiger partial charge >= 0.3 is 0 Å². The molecule has 0 radical (unpaired) electrons. The van der Waals surface area contributed by atoms with E-state index >= 15 is 0 Å². The molecule has 1 rings (SSSR count). The molecule has 1 aromatic heterocycles. The first kappa shape index (κ1) is 9.44. The zero-order valence-electron chi connectivity index (χ0n) is 7.78. The Morgan fingerprint density at radius 3 is 2.92 bits per heavy atom. The van der Waals surface area contributed by atoms with Gasteiger partial charge in [-0.2, -0.15) is 5.10 Å². The molecule has 0 fully saturated rings. The molecule has 0 amide bonds. The number of anilines is 1. The zero-order chi connectivity index (χ0) is 9.84. The third-order valence-electron chi connectivity index (χ3n) is 1.83. The highest BCUT2D eigenvalue weighted by Crippen LogP contribution is 2.12. The van der Waals surface area contributed by atoms with E-state index < -0.39 is 0 Å². The molecule has 1 heterocycles. The molecule has 5 nitrogen and oxygen atoms in total. The molecule has 13 heavy (non-hydrogen) atoms. The lowest BCUT2D eigenvalue weighted by molar-refractivity contribution is 0.892. The normalized spacial score (nSPS) is 9.69. The van der Waals surface area contributed by atoms with Crippen molar-refractivity contribution in [3.05, 3.63) is 17.8 Å². The van der Waals surface area contributed by atoms with Gasteiger partial charge < -0.3 is 10.6 Å². The van der Waals surface area contributed by atoms with E-state index in [-0.39, 0.29) is 5.84 Å². The van der Waals surface area contributed by atoms with Gasteiger partial charge in [0.15, 0.2) is 5.82 Å². The van der Waals surface area contributed by atoms with Gasteiger partial charge in [0, 0.05) is 13.6 Å². The van der Waals surface area contributed by atoms with Gasteiger partial charge in [0.05, 0.1) is 11.8 Å². The molecule has 0 aliphatic heterocycles. The van der Waals surface area contributed by atoms with Crippen molar-refractivity contribution < 1.29 is 0 Å². The average molecular weight is 179 g/mol. The molecule has 0 saturated carbocycles. The highest BCUT2D eigenvalue weighted by molar-refractivity contribution is 5.99. The molecule has 70 valence electrons. The number of nitrogen functional groups attached to an aromatic ring is 1. The molecule has 0 bridgehead atoms. The first-order chi connectivity index (χ1) is 6.16. The molecule has 1 aromatic rings. The standard InChI is InChI=1S/C8H13N5/c1-3-13(2)8-6(7(9)10)4-5-11-12-8/h4-5H,3H2,1-2H3,(H3,9,10). The van der Waals surface area contributed by atoms with E-state index in [1.165, 1.54) is 6.20 Å². The van der Waals surface area contributed by atoms with Crippen LogP contribution in [0.2, 0.25) is 0 Å². The number of aromatic nitrogens is 2. The fourth-order valence-corrected chi connectivity index (χ4v) is 0.966. The second-order valence-corrected chi connectivity index (χ2v) is 2.70. The van der Waals surface area contributed by atoms with E-state index in [9.17, 15) is 0 Å². The van der Waals surface area contributed by atoms with Crippen LogP contribution in [-0.2, 0) is 0 Å². The van der Waals surface area contributed by atoms with Crippen molar-refractivity contribution in [2.45, 2.75) is 6.92 Å². The Morgan fingerprint density at radius 2 is 2.38 bits per heavy atom. The smallest absolute Gasteiger partial charge is 0.161 e. The van der Waals surface area contributed by atoms with E-state index in [2.05, 4.69) is 10.2 Å². The van der Waals surface area contributed by atoms with E-state index in [0.29, 0.717) is 11.4 Å². The van der Waals surface area contributed by atoms with Gasteiger partial charge in [0.1, 0.15) is 5.84 Å². The van der Waals surface area contributed by atoms with Gasteiger partial charge in [0.2, 0.25) is 0 Å². The molecule has 5 heteroatoms. The Bertz CT molecular complexity index is 309. The molecular weight excluding hydrogens is 166 g/mol. The second-order valence-electron chi connectivity index (χ2n) is 2.70. The van der Waals surface area contributed by atoms with E-state index in [1.807, 2.05) is 18.9 Å². The molecule has 3 N–H and O–H groups in total. The summed E-state index contributed by atoms with van der Waals surface area (Å²) in [6.45, 7) is 2.80. The maximum absolute atomic E-state index is 7.33. The maximum atomic E-state index is 7.33. The number of nitrogens with one attached hydrogen (secondary N) is 1. The van der Waals surface area contributed by atoms with Crippen molar-refractivity contribution in [2.24, 2.45) is 5.73 Å². The highest BCUT2D eigenvalue weighted by Gasteiger charge is 2.09. The Hall–Kier alpha value is -1.65. The summed E-state index contributed by atoms with van der Waals surface area (Å²) >= 11 is 0. The number of hydrogen-bond acceptors (Lipinski definition) is 4. The summed E-state index contributed by atoms with van der Waals surface area (Å²) in [5.41, 5.74) is 6.02. The monoisotopic (exact) mass is 179 g/mol. The lowest BCUT2D eigenvalue weighted by Gasteiger charge is -2.17. The largest absolute Gasteiger partial charge is 0.384 e. The number of rotatable bonds is 3. The lowest BCUT2D eigenvalue weighted by atomic mass is 10.2. The van der Waals surface area contributed by atoms with Gasteiger partial charge in [0.25, 0.3) is 0 Å². The lowest BCUT2D eigenvalue weighted by Crippen LogP contribution is -2.23. The van der Waals surface area contributed by atoms with Crippen LogP contribution in [0.3, 0.4) is 0 Å². The predicted molar refractivity (Wildman–Crippen MR) is 52.0 cm³/mol. The molecule has 0 unspecified atom stereocenters. The molecule has 0 aliphatic rings. The minimum absolute atomic E-state index is 0.0187. The number of hydrogen-bond donors (Lipinski definition) is 2. The first-order valence-corrected chi connectivity index (χ1v) is 4.04. The summed E-state index contributed by atoms with van der Waals surface area (Å²) in [6.07, 6.45) is 1.53. The summed E-state index contributed by atoms with van der Waals surface area (Å²) in [7, 11) is 1.89. The van der Waals surface area contributed by atoms with Crippen LogP contribution in [0.15, 0.2) is 12.3 Å². The summed E-state index contributed by atoms with van der Waals surface area (Å²) in [6, 6.07) is 1.69. The Kier molecular flexibility index (Phi) is 2.79. The van der Waals surface area contributed by atoms with Crippen molar-refractivity contribution in [3.8, 4) is 0 Å². The van der Waals surface area contributed by atoms with Crippen LogP contribution in [0.25, 0.3) is 0 Å². The van der Waals surface area contributed by atoms with Crippen LogP contribution < -0.4 is 10.6 Å². The first-order valence-electron chi connectivity index (χ1n) is 4.04. The molecule has 0 atom stereocenters. The topological polar surface area (TPSA) is 78.9 Å². The van der Waals surface area contributed by atoms with Crippen molar-refractivity contribution in [3.63, 3.8) is 0 Å². The third kappa shape index (κ3) is 1.93. The van der Waals surface area contributed by atoms with Gasteiger partial charge in [-0.05, 0) is 13.0 Å². The average Bonchev–Trinajstić information content (AvgIpc) is 2.16. The van der Waals surface area contributed by atoms with Gasteiger partial charge in [-0.25, -0.2) is 0 Å². The van der Waals surface area contributed by atoms with Gasteiger partial charge in [-0.15, -0.1) is 5.10 Å². The Balaban J connectivity index is 3.11.